The van der Waals surface area contributed by atoms with E-state index in [0.29, 0.717) is 5.78 Å². The molecule has 4 heteroatoms. The molecule has 2 fully saturated rings. The van der Waals surface area contributed by atoms with Gasteiger partial charge >= 0.3 is 0 Å². The Morgan fingerprint density at radius 3 is 3.00 bits per heavy atom. The van der Waals surface area contributed by atoms with Crippen molar-refractivity contribution in [1.82, 2.24) is 0 Å². The van der Waals surface area contributed by atoms with Gasteiger partial charge in [-0.05, 0) is 47.0 Å². The summed E-state index contributed by atoms with van der Waals surface area (Å²) in [5.74, 6) is 0.530. The average Bonchev–Trinajstić information content (AvgIpc) is 2.89. The van der Waals surface area contributed by atoms with Crippen molar-refractivity contribution in [3.8, 4) is 0 Å². The number of carbonyl (C=O) groups is 1. The van der Waals surface area contributed by atoms with Gasteiger partial charge in [0, 0.05) is 15.3 Å². The lowest BCUT2D eigenvalue weighted by Crippen LogP contribution is -2.45. The number of carbonyl (C=O) groups excluding carboxylic acids is 1. The molecule has 2 nitrogen and oxygen atoms in total. The molecular formula is C15H13BrO2S. The lowest BCUT2D eigenvalue weighted by Gasteiger charge is -2.37. The molecule has 0 amide bonds. The van der Waals surface area contributed by atoms with Gasteiger partial charge in [0.15, 0.2) is 0 Å². The molecule has 4 rings (SSSR count). The Bertz CT molecular complexity index is 585. The summed E-state index contributed by atoms with van der Waals surface area (Å²) in [4.78, 5) is 13.0. The monoisotopic (exact) mass is 336 g/mol. The Morgan fingerprint density at radius 2 is 2.16 bits per heavy atom. The first-order valence-electron chi connectivity index (χ1n) is 6.54. The first-order chi connectivity index (χ1) is 9.20. The number of hydrogen-bond acceptors (Lipinski definition) is 3. The van der Waals surface area contributed by atoms with Crippen LogP contribution in [0, 0.1) is 11.8 Å². The van der Waals surface area contributed by atoms with Crippen LogP contribution in [0.25, 0.3) is 0 Å². The lowest BCUT2D eigenvalue weighted by molar-refractivity contribution is -0.141. The van der Waals surface area contributed by atoms with Crippen LogP contribution in [0.4, 0.5) is 0 Å². The molecule has 0 radical (unpaired) electrons. The van der Waals surface area contributed by atoms with Crippen LogP contribution >= 0.6 is 27.7 Å². The van der Waals surface area contributed by atoms with Crippen molar-refractivity contribution in [2.75, 3.05) is 0 Å². The number of ketones is 1. The molecule has 2 heterocycles. The third-order valence-electron chi connectivity index (χ3n) is 4.30. The number of thioether (sulfide) groups is 1. The summed E-state index contributed by atoms with van der Waals surface area (Å²) < 4.78 is 7.27. The lowest BCUT2D eigenvalue weighted by atomic mass is 9.94. The second kappa shape index (κ2) is 4.21. The van der Waals surface area contributed by atoms with E-state index in [2.05, 4.69) is 34.1 Å². The molecule has 0 spiro atoms. The average molecular weight is 337 g/mol. The number of fused-ring (bicyclic) bond motifs is 6. The fourth-order valence-corrected chi connectivity index (χ4v) is 5.24. The summed E-state index contributed by atoms with van der Waals surface area (Å²) >= 11 is 5.24. The summed E-state index contributed by atoms with van der Waals surface area (Å²) in [6.07, 6.45) is 6.15. The van der Waals surface area contributed by atoms with E-state index in [1.165, 1.54) is 0 Å². The highest BCUT2D eigenvalue weighted by Crippen LogP contribution is 2.57. The molecule has 0 N–H and O–H groups in total. The van der Waals surface area contributed by atoms with Crippen LogP contribution in [0.3, 0.4) is 0 Å². The van der Waals surface area contributed by atoms with Crippen molar-refractivity contribution in [2.45, 2.75) is 28.8 Å². The summed E-state index contributed by atoms with van der Waals surface area (Å²) in [7, 11) is 0. The Labute approximate surface area is 124 Å². The zero-order valence-corrected chi connectivity index (χ0v) is 12.6. The van der Waals surface area contributed by atoms with E-state index in [0.717, 1.165) is 22.2 Å². The molecule has 1 saturated heterocycles. The first kappa shape index (κ1) is 12.2. The van der Waals surface area contributed by atoms with Crippen LogP contribution in [0.2, 0.25) is 0 Å². The Kier molecular flexibility index (Phi) is 2.70. The summed E-state index contributed by atoms with van der Waals surface area (Å²) in [6.45, 7) is 0. The zero-order chi connectivity index (χ0) is 13.0. The Balaban J connectivity index is 1.73. The maximum atomic E-state index is 12.4. The van der Waals surface area contributed by atoms with Crippen molar-refractivity contribution in [3.05, 3.63) is 40.9 Å². The molecule has 1 saturated carbocycles. The Hall–Kier alpha value is -0.580. The maximum Gasteiger partial charge on any atom is 0.147 e. The molecule has 4 bridgehead atoms. The number of halogens is 1. The molecule has 3 aliphatic rings. The van der Waals surface area contributed by atoms with Crippen LogP contribution in [0.5, 0.6) is 0 Å². The third-order valence-corrected chi connectivity index (χ3v) is 6.67. The number of ether oxygens (including phenoxy) is 1. The minimum atomic E-state index is -0.474. The normalized spacial score (nSPS) is 39.0. The molecule has 0 aromatic heterocycles. The highest BCUT2D eigenvalue weighted by atomic mass is 79.9. The highest BCUT2D eigenvalue weighted by molar-refractivity contribution is 9.10. The second-order valence-corrected chi connectivity index (χ2v) is 7.47. The zero-order valence-electron chi connectivity index (χ0n) is 10.2. The van der Waals surface area contributed by atoms with Gasteiger partial charge in [0.05, 0.1) is 12.0 Å². The first-order valence-corrected chi connectivity index (χ1v) is 8.15. The number of rotatable bonds is 2. The molecule has 19 heavy (non-hydrogen) atoms. The maximum absolute atomic E-state index is 12.4. The quantitative estimate of drug-likeness (QED) is 0.768. The van der Waals surface area contributed by atoms with Crippen molar-refractivity contribution in [3.63, 3.8) is 0 Å². The van der Waals surface area contributed by atoms with Crippen LogP contribution in [0.15, 0.2) is 45.8 Å². The summed E-state index contributed by atoms with van der Waals surface area (Å²) in [5, 5.41) is 0. The standard InChI is InChI=1S/C15H13BrO2S/c16-11-3-1-2-4-13(11)19-15-8-7-12(18-15)9-5-6-10(15)14(9)17/h1-4,7-10,12H,5-6H2. The number of benzene rings is 1. The van der Waals surface area contributed by atoms with E-state index in [9.17, 15) is 4.79 Å². The minimum Gasteiger partial charge on any atom is -0.351 e. The molecule has 1 aliphatic carbocycles. The van der Waals surface area contributed by atoms with E-state index in [-0.39, 0.29) is 17.9 Å². The Morgan fingerprint density at radius 1 is 1.32 bits per heavy atom. The molecule has 2 aliphatic heterocycles. The van der Waals surface area contributed by atoms with E-state index in [4.69, 9.17) is 4.74 Å². The molecule has 4 unspecified atom stereocenters. The van der Waals surface area contributed by atoms with Gasteiger partial charge in [-0.25, -0.2) is 0 Å². The molecule has 1 aromatic carbocycles. The smallest absolute Gasteiger partial charge is 0.147 e. The van der Waals surface area contributed by atoms with E-state index in [1.54, 1.807) is 11.8 Å². The van der Waals surface area contributed by atoms with Crippen LogP contribution in [0.1, 0.15) is 12.8 Å². The largest absolute Gasteiger partial charge is 0.351 e. The SMILES string of the molecule is O=C1C2CCC1C1(Sc3ccccc3Br)C=CC2O1. The molecule has 98 valence electrons. The molecule has 4 atom stereocenters. The van der Waals surface area contributed by atoms with Crippen molar-refractivity contribution < 1.29 is 9.53 Å². The third kappa shape index (κ3) is 1.70. The van der Waals surface area contributed by atoms with Gasteiger partial charge in [0.1, 0.15) is 10.7 Å². The number of Topliss-reactive ketones (excluding diaryl/α,β-unsaturated/α-hetero) is 1. The topological polar surface area (TPSA) is 26.3 Å². The van der Waals surface area contributed by atoms with E-state index < -0.39 is 4.93 Å². The molecule has 1 aromatic rings. The van der Waals surface area contributed by atoms with Crippen LogP contribution < -0.4 is 0 Å². The fourth-order valence-electron chi connectivity index (χ4n) is 3.38. The summed E-state index contributed by atoms with van der Waals surface area (Å²) in [6, 6.07) is 8.11. The van der Waals surface area contributed by atoms with Crippen molar-refractivity contribution in [1.29, 1.82) is 0 Å². The summed E-state index contributed by atoms with van der Waals surface area (Å²) in [5.41, 5.74) is 0. The van der Waals surface area contributed by atoms with Gasteiger partial charge < -0.3 is 4.74 Å². The van der Waals surface area contributed by atoms with Crippen LogP contribution in [-0.2, 0) is 9.53 Å². The van der Waals surface area contributed by atoms with Gasteiger partial charge in [0.2, 0.25) is 0 Å². The van der Waals surface area contributed by atoms with Crippen LogP contribution in [-0.4, -0.2) is 16.8 Å². The predicted molar refractivity (Wildman–Crippen MR) is 78.0 cm³/mol. The van der Waals surface area contributed by atoms with Gasteiger partial charge in [-0.1, -0.05) is 30.0 Å². The van der Waals surface area contributed by atoms with Gasteiger partial charge in [0.25, 0.3) is 0 Å². The van der Waals surface area contributed by atoms with Crippen molar-refractivity contribution in [2.24, 2.45) is 11.8 Å². The van der Waals surface area contributed by atoms with Gasteiger partial charge in [-0.15, -0.1) is 0 Å². The predicted octanol–water partition coefficient (Wildman–Crippen LogP) is 3.80. The second-order valence-electron chi connectivity index (χ2n) is 5.33. The van der Waals surface area contributed by atoms with E-state index in [1.807, 2.05) is 18.2 Å². The molecular weight excluding hydrogens is 324 g/mol. The van der Waals surface area contributed by atoms with E-state index >= 15 is 0 Å². The van der Waals surface area contributed by atoms with Gasteiger partial charge in [-0.2, -0.15) is 0 Å². The van der Waals surface area contributed by atoms with Gasteiger partial charge in [-0.3, -0.25) is 4.79 Å². The highest BCUT2D eigenvalue weighted by Gasteiger charge is 2.59. The fraction of sp³-hybridized carbons (Fsp3) is 0.400. The van der Waals surface area contributed by atoms with Crippen molar-refractivity contribution >= 4 is 33.5 Å². The minimum absolute atomic E-state index is 0.00115. The number of hydrogen-bond donors (Lipinski definition) is 0.